The predicted octanol–water partition coefficient (Wildman–Crippen LogP) is 5.32. The highest BCUT2D eigenvalue weighted by Gasteiger charge is 2.23. The minimum absolute atomic E-state index is 0.222. The number of hydrogen-bond donors (Lipinski definition) is 1. The van der Waals surface area contributed by atoms with Gasteiger partial charge in [0.2, 0.25) is 0 Å². The fourth-order valence-corrected chi connectivity index (χ4v) is 4.39. The molecule has 0 aliphatic carbocycles. The molecule has 0 radical (unpaired) electrons. The summed E-state index contributed by atoms with van der Waals surface area (Å²) in [4.78, 5) is 22.5. The first-order valence-electron chi connectivity index (χ1n) is 12.2. The Morgan fingerprint density at radius 3 is 2.61 bits per heavy atom. The molecule has 8 nitrogen and oxygen atoms in total. The number of rotatable bonds is 9. The molecule has 190 valence electrons. The zero-order chi connectivity index (χ0) is 26.2. The van der Waals surface area contributed by atoms with E-state index in [0.717, 1.165) is 53.1 Å². The van der Waals surface area contributed by atoms with E-state index in [4.69, 9.17) is 25.2 Å². The Morgan fingerprint density at radius 1 is 1.22 bits per heavy atom. The minimum Gasteiger partial charge on any atom is -0.494 e. The van der Waals surface area contributed by atoms with Crippen molar-refractivity contribution in [3.63, 3.8) is 0 Å². The quantitative estimate of drug-likeness (QED) is 0.194. The number of esters is 1. The van der Waals surface area contributed by atoms with Crippen LogP contribution in [0.25, 0.3) is 33.6 Å². The van der Waals surface area contributed by atoms with E-state index >= 15 is 0 Å². The van der Waals surface area contributed by atoms with E-state index in [2.05, 4.69) is 23.3 Å². The summed E-state index contributed by atoms with van der Waals surface area (Å²) in [6, 6.07) is 9.60. The normalized spacial score (nSPS) is 12.0. The van der Waals surface area contributed by atoms with Crippen LogP contribution in [0.15, 0.2) is 43.0 Å². The van der Waals surface area contributed by atoms with Crippen molar-refractivity contribution in [1.29, 1.82) is 0 Å². The lowest BCUT2D eigenvalue weighted by atomic mass is 10.0. The fourth-order valence-electron chi connectivity index (χ4n) is 4.39. The van der Waals surface area contributed by atoms with Gasteiger partial charge in [0.25, 0.3) is 0 Å². The van der Waals surface area contributed by atoms with E-state index in [1.165, 1.54) is 0 Å². The molecule has 4 rings (SSSR count). The number of hydrogen-bond acceptors (Lipinski definition) is 6. The van der Waals surface area contributed by atoms with Gasteiger partial charge in [-0.25, -0.2) is 14.8 Å². The van der Waals surface area contributed by atoms with Gasteiger partial charge in [0.1, 0.15) is 16.9 Å². The van der Waals surface area contributed by atoms with Crippen molar-refractivity contribution in [3.05, 3.63) is 54.2 Å². The number of nitrogens with two attached hydrogens (primary N) is 1. The maximum Gasteiger partial charge on any atom is 0.338 e. The largest absolute Gasteiger partial charge is 0.494 e. The average Bonchev–Trinajstić information content (AvgIpc) is 3.34. The van der Waals surface area contributed by atoms with E-state index < -0.39 is 11.5 Å². The van der Waals surface area contributed by atoms with Gasteiger partial charge < -0.3 is 24.3 Å². The Morgan fingerprint density at radius 2 is 1.97 bits per heavy atom. The van der Waals surface area contributed by atoms with Gasteiger partial charge in [-0.05, 0) is 70.9 Å². The summed E-state index contributed by atoms with van der Waals surface area (Å²) in [5.74, 6) is 0.906. The van der Waals surface area contributed by atoms with Gasteiger partial charge in [-0.2, -0.15) is 0 Å². The number of aryl methyl sites for hydroxylation is 2. The molecular weight excluding hydrogens is 454 g/mol. The molecule has 4 aromatic rings. The van der Waals surface area contributed by atoms with Crippen LogP contribution in [0, 0.1) is 0 Å². The Kier molecular flexibility index (Phi) is 6.91. The summed E-state index contributed by atoms with van der Waals surface area (Å²) in [7, 11) is 3.54. The van der Waals surface area contributed by atoms with Crippen LogP contribution < -0.4 is 10.5 Å². The highest BCUT2D eigenvalue weighted by Crippen LogP contribution is 2.34. The van der Waals surface area contributed by atoms with Crippen LogP contribution in [0.3, 0.4) is 0 Å². The molecule has 2 N–H and O–H groups in total. The molecule has 0 unspecified atom stereocenters. The monoisotopic (exact) mass is 489 g/mol. The lowest BCUT2D eigenvalue weighted by Crippen LogP contribution is -2.29. The van der Waals surface area contributed by atoms with E-state index in [0.29, 0.717) is 16.8 Å². The lowest BCUT2D eigenvalue weighted by Gasteiger charge is -2.18. The molecule has 0 aliphatic rings. The van der Waals surface area contributed by atoms with Crippen molar-refractivity contribution in [3.8, 4) is 17.3 Å². The number of ether oxygens (including phenoxy) is 2. The van der Waals surface area contributed by atoms with Crippen molar-refractivity contribution in [2.75, 3.05) is 7.11 Å². The van der Waals surface area contributed by atoms with Crippen molar-refractivity contribution >= 4 is 28.0 Å². The van der Waals surface area contributed by atoms with Crippen molar-refractivity contribution in [1.82, 2.24) is 19.1 Å². The van der Waals surface area contributed by atoms with E-state index in [-0.39, 0.29) is 6.10 Å². The predicted molar refractivity (Wildman–Crippen MR) is 143 cm³/mol. The molecule has 0 bridgehead atoms. The van der Waals surface area contributed by atoms with Gasteiger partial charge >= 0.3 is 5.97 Å². The summed E-state index contributed by atoms with van der Waals surface area (Å²) in [6.07, 6.45) is 3.50. The molecule has 1 aromatic carbocycles. The maximum atomic E-state index is 12.6. The minimum atomic E-state index is -0.559. The number of carbonyl (C=O) groups is 1. The van der Waals surface area contributed by atoms with Crippen LogP contribution in [0.4, 0.5) is 0 Å². The van der Waals surface area contributed by atoms with E-state index in [9.17, 15) is 4.79 Å². The molecular formula is C28H35N5O3. The van der Waals surface area contributed by atoms with Crippen LogP contribution in [0.2, 0.25) is 0 Å². The summed E-state index contributed by atoms with van der Waals surface area (Å²) >= 11 is 0. The van der Waals surface area contributed by atoms with Crippen LogP contribution in [0.5, 0.6) is 5.75 Å². The molecule has 0 saturated heterocycles. The number of unbranched alkanes of at least 4 members (excludes halogenated alkanes) is 1. The zero-order valence-electron chi connectivity index (χ0n) is 22.0. The molecule has 0 atom stereocenters. The molecule has 3 heterocycles. The highest BCUT2D eigenvalue weighted by molar-refractivity contribution is 5.97. The van der Waals surface area contributed by atoms with Crippen LogP contribution >= 0.6 is 0 Å². The van der Waals surface area contributed by atoms with Crippen molar-refractivity contribution in [2.45, 2.75) is 58.7 Å². The molecule has 0 saturated carbocycles. The Labute approximate surface area is 211 Å². The first-order valence-corrected chi connectivity index (χ1v) is 12.2. The summed E-state index contributed by atoms with van der Waals surface area (Å²) < 4.78 is 15.2. The second-order valence-corrected chi connectivity index (χ2v) is 9.94. The molecule has 0 amide bonds. The van der Waals surface area contributed by atoms with Gasteiger partial charge in [0.15, 0.2) is 5.82 Å². The summed E-state index contributed by atoms with van der Waals surface area (Å²) in [5.41, 5.74) is 10.3. The molecule has 0 fully saturated rings. The third kappa shape index (κ3) is 4.73. The van der Waals surface area contributed by atoms with Crippen LogP contribution in [0.1, 0.15) is 56.6 Å². The maximum absolute atomic E-state index is 12.6. The molecule has 8 heteroatoms. The zero-order valence-corrected chi connectivity index (χ0v) is 22.0. The Balaban J connectivity index is 1.93. The second kappa shape index (κ2) is 9.78. The first kappa shape index (κ1) is 25.4. The van der Waals surface area contributed by atoms with Crippen molar-refractivity contribution in [2.24, 2.45) is 12.8 Å². The SMILES string of the molecule is C=CCCCn1c(-c2nc3cc(C(=O)OC(C)C)cc(OC)c3n2C)cc2ccc(C(C)(C)N)nc21. The number of nitrogens with zero attached hydrogens (tertiary/aromatic N) is 4. The summed E-state index contributed by atoms with van der Waals surface area (Å²) in [5, 5.41) is 1.01. The van der Waals surface area contributed by atoms with E-state index in [1.807, 2.05) is 51.5 Å². The van der Waals surface area contributed by atoms with Crippen LogP contribution in [-0.2, 0) is 23.9 Å². The van der Waals surface area contributed by atoms with Gasteiger partial charge in [-0.3, -0.25) is 0 Å². The third-order valence-electron chi connectivity index (χ3n) is 6.16. The number of fused-ring (bicyclic) bond motifs is 2. The number of benzene rings is 1. The van der Waals surface area contributed by atoms with Gasteiger partial charge in [-0.15, -0.1) is 6.58 Å². The number of carbonyl (C=O) groups excluding carboxylic acids is 1. The molecule has 36 heavy (non-hydrogen) atoms. The smallest absolute Gasteiger partial charge is 0.338 e. The average molecular weight is 490 g/mol. The van der Waals surface area contributed by atoms with Gasteiger partial charge in [-0.1, -0.05) is 6.08 Å². The second-order valence-electron chi connectivity index (χ2n) is 9.94. The number of pyridine rings is 1. The number of imidazole rings is 1. The highest BCUT2D eigenvalue weighted by atomic mass is 16.5. The number of methoxy groups -OCH3 is 1. The Hall–Kier alpha value is -3.65. The topological polar surface area (TPSA) is 97.2 Å². The van der Waals surface area contributed by atoms with Gasteiger partial charge in [0, 0.05) is 19.0 Å². The van der Waals surface area contributed by atoms with Gasteiger partial charge in [0.05, 0.1) is 41.2 Å². The van der Waals surface area contributed by atoms with Crippen LogP contribution in [-0.4, -0.2) is 38.3 Å². The Bertz CT molecular complexity index is 1440. The van der Waals surface area contributed by atoms with Crippen molar-refractivity contribution < 1.29 is 14.3 Å². The first-order chi connectivity index (χ1) is 17.0. The molecule has 0 aliphatic heterocycles. The molecule has 3 aromatic heterocycles. The summed E-state index contributed by atoms with van der Waals surface area (Å²) in [6.45, 7) is 12.2. The third-order valence-corrected chi connectivity index (χ3v) is 6.16. The standard InChI is InChI=1S/C28H35N5O3/c1-8-9-10-13-33-21(15-18-11-12-23(28(4,5)29)31-25(18)33)26-30-20-14-19(27(34)36-17(2)3)16-22(35-7)24(20)32(26)6/h8,11-12,14-17H,1,9-10,13,29H2,2-7H3. The lowest BCUT2D eigenvalue weighted by molar-refractivity contribution is 0.0377. The number of aromatic nitrogens is 4. The van der Waals surface area contributed by atoms with E-state index in [1.54, 1.807) is 19.2 Å². The fraction of sp³-hybridized carbons (Fsp3) is 0.393. The number of allylic oxidation sites excluding steroid dienone is 1. The molecule has 0 spiro atoms.